The van der Waals surface area contributed by atoms with Gasteiger partial charge >= 0.3 is 0 Å². The maximum atomic E-state index is 4.35. The predicted molar refractivity (Wildman–Crippen MR) is 79.7 cm³/mol. The van der Waals surface area contributed by atoms with Crippen molar-refractivity contribution in [1.82, 2.24) is 14.9 Å². The molecular formula is C14H25N5. The molecule has 0 amide bonds. The minimum atomic E-state index is 0.404. The molecule has 2 heterocycles. The Hall–Kier alpha value is -1.36. The molecule has 5 nitrogen and oxygen atoms in total. The third-order valence-electron chi connectivity index (χ3n) is 3.54. The smallest absolute Gasteiger partial charge is 0.134 e. The van der Waals surface area contributed by atoms with Gasteiger partial charge in [0.25, 0.3) is 0 Å². The lowest BCUT2D eigenvalue weighted by molar-refractivity contribution is 0.327. The molecule has 2 N–H and O–H groups in total. The van der Waals surface area contributed by atoms with Gasteiger partial charge in [0.2, 0.25) is 0 Å². The first kappa shape index (κ1) is 14.1. The second kappa shape index (κ2) is 6.70. The number of nitrogens with zero attached hydrogens (tertiary/aromatic N) is 3. The highest BCUT2D eigenvalue weighted by Gasteiger charge is 2.15. The highest BCUT2D eigenvalue weighted by atomic mass is 15.2. The monoisotopic (exact) mass is 263 g/mol. The van der Waals surface area contributed by atoms with Crippen molar-refractivity contribution in [3.05, 3.63) is 11.9 Å². The largest absolute Gasteiger partial charge is 0.370 e. The SMILES string of the molecule is CCNc1ncnc(NC(C)CN2CCCC2)c1C. The molecule has 1 atom stereocenters. The molecule has 1 saturated heterocycles. The minimum absolute atomic E-state index is 0.404. The number of hydrogen-bond donors (Lipinski definition) is 2. The van der Waals surface area contributed by atoms with Crippen LogP contribution in [0.5, 0.6) is 0 Å². The number of rotatable bonds is 6. The van der Waals surface area contributed by atoms with Gasteiger partial charge in [-0.2, -0.15) is 0 Å². The number of likely N-dealkylation sites (tertiary alicyclic amines) is 1. The van der Waals surface area contributed by atoms with Crippen LogP contribution in [0.25, 0.3) is 0 Å². The van der Waals surface area contributed by atoms with Crippen LogP contribution in [-0.2, 0) is 0 Å². The third-order valence-corrected chi connectivity index (χ3v) is 3.54. The van der Waals surface area contributed by atoms with Crippen LogP contribution in [0, 0.1) is 6.92 Å². The highest BCUT2D eigenvalue weighted by molar-refractivity contribution is 5.56. The van der Waals surface area contributed by atoms with Gasteiger partial charge in [-0.25, -0.2) is 9.97 Å². The van der Waals surface area contributed by atoms with Crippen molar-refractivity contribution < 1.29 is 0 Å². The normalized spacial score (nSPS) is 17.4. The van der Waals surface area contributed by atoms with E-state index in [2.05, 4.69) is 46.3 Å². The van der Waals surface area contributed by atoms with Crippen molar-refractivity contribution in [1.29, 1.82) is 0 Å². The second-order valence-electron chi connectivity index (χ2n) is 5.28. The fraction of sp³-hybridized carbons (Fsp3) is 0.714. The Bertz CT molecular complexity index is 401. The molecule has 1 aromatic rings. The molecule has 0 aliphatic carbocycles. The molecule has 2 rings (SSSR count). The quantitative estimate of drug-likeness (QED) is 0.823. The second-order valence-corrected chi connectivity index (χ2v) is 5.28. The Labute approximate surface area is 115 Å². The first-order valence-electron chi connectivity index (χ1n) is 7.25. The van der Waals surface area contributed by atoms with Gasteiger partial charge in [-0.15, -0.1) is 0 Å². The zero-order valence-electron chi connectivity index (χ0n) is 12.2. The van der Waals surface area contributed by atoms with Gasteiger partial charge in [0.05, 0.1) is 0 Å². The van der Waals surface area contributed by atoms with Crippen molar-refractivity contribution in [3.8, 4) is 0 Å². The molecule has 1 aliphatic heterocycles. The van der Waals surface area contributed by atoms with Crippen molar-refractivity contribution >= 4 is 11.6 Å². The Morgan fingerprint density at radius 3 is 2.63 bits per heavy atom. The van der Waals surface area contributed by atoms with Gasteiger partial charge in [-0.1, -0.05) is 0 Å². The molecule has 0 radical (unpaired) electrons. The van der Waals surface area contributed by atoms with Crippen molar-refractivity contribution in [2.24, 2.45) is 0 Å². The van der Waals surface area contributed by atoms with E-state index in [-0.39, 0.29) is 0 Å². The van der Waals surface area contributed by atoms with Crippen LogP contribution >= 0.6 is 0 Å². The molecule has 106 valence electrons. The molecule has 5 heteroatoms. The van der Waals surface area contributed by atoms with E-state index in [4.69, 9.17) is 0 Å². The van der Waals surface area contributed by atoms with Crippen LogP contribution in [0.2, 0.25) is 0 Å². The summed E-state index contributed by atoms with van der Waals surface area (Å²) in [4.78, 5) is 11.1. The van der Waals surface area contributed by atoms with Gasteiger partial charge < -0.3 is 15.5 Å². The summed E-state index contributed by atoms with van der Waals surface area (Å²) in [6.07, 6.45) is 4.30. The Balaban J connectivity index is 1.95. The molecule has 19 heavy (non-hydrogen) atoms. The maximum absolute atomic E-state index is 4.35. The molecular weight excluding hydrogens is 238 g/mol. The summed E-state index contributed by atoms with van der Waals surface area (Å²) in [5.74, 6) is 1.87. The lowest BCUT2D eigenvalue weighted by atomic mass is 10.2. The summed E-state index contributed by atoms with van der Waals surface area (Å²) >= 11 is 0. The fourth-order valence-electron chi connectivity index (χ4n) is 2.57. The molecule has 0 spiro atoms. The van der Waals surface area contributed by atoms with E-state index in [9.17, 15) is 0 Å². The van der Waals surface area contributed by atoms with Crippen LogP contribution in [0.1, 0.15) is 32.3 Å². The Morgan fingerprint density at radius 1 is 1.26 bits per heavy atom. The average molecular weight is 263 g/mol. The number of anilines is 2. The van der Waals surface area contributed by atoms with Gasteiger partial charge in [-0.3, -0.25) is 0 Å². The van der Waals surface area contributed by atoms with Crippen molar-refractivity contribution in [2.45, 2.75) is 39.7 Å². The molecule has 0 aromatic carbocycles. The van der Waals surface area contributed by atoms with Crippen LogP contribution in [-0.4, -0.2) is 47.1 Å². The van der Waals surface area contributed by atoms with Crippen LogP contribution in [0.3, 0.4) is 0 Å². The van der Waals surface area contributed by atoms with E-state index in [0.29, 0.717) is 6.04 Å². The zero-order valence-corrected chi connectivity index (χ0v) is 12.2. The number of aromatic nitrogens is 2. The predicted octanol–water partition coefficient (Wildman–Crippen LogP) is 2.11. The molecule has 1 unspecified atom stereocenters. The summed E-state index contributed by atoms with van der Waals surface area (Å²) in [5.41, 5.74) is 1.10. The molecule has 1 aromatic heterocycles. The lowest BCUT2D eigenvalue weighted by Gasteiger charge is -2.22. The van der Waals surface area contributed by atoms with Crippen LogP contribution in [0.15, 0.2) is 6.33 Å². The summed E-state index contributed by atoms with van der Waals surface area (Å²) in [7, 11) is 0. The molecule has 0 bridgehead atoms. The average Bonchev–Trinajstić information content (AvgIpc) is 2.87. The van der Waals surface area contributed by atoms with Gasteiger partial charge in [0, 0.05) is 24.7 Å². The first-order valence-corrected chi connectivity index (χ1v) is 7.25. The Kier molecular flexibility index (Phi) is 4.96. The van der Waals surface area contributed by atoms with E-state index < -0.39 is 0 Å². The van der Waals surface area contributed by atoms with Gasteiger partial charge in [0.1, 0.15) is 18.0 Å². The van der Waals surface area contributed by atoms with Crippen LogP contribution in [0.4, 0.5) is 11.6 Å². The summed E-state index contributed by atoms with van der Waals surface area (Å²) in [5, 5.41) is 6.76. The summed E-state index contributed by atoms with van der Waals surface area (Å²) in [6.45, 7) is 10.8. The minimum Gasteiger partial charge on any atom is -0.370 e. The summed E-state index contributed by atoms with van der Waals surface area (Å²) < 4.78 is 0. The summed E-state index contributed by atoms with van der Waals surface area (Å²) in [6, 6.07) is 0.404. The van der Waals surface area contributed by atoms with E-state index in [0.717, 1.165) is 30.3 Å². The number of nitrogens with one attached hydrogen (secondary N) is 2. The Morgan fingerprint density at radius 2 is 1.95 bits per heavy atom. The highest BCUT2D eigenvalue weighted by Crippen LogP contribution is 2.19. The van der Waals surface area contributed by atoms with Crippen molar-refractivity contribution in [2.75, 3.05) is 36.8 Å². The van der Waals surface area contributed by atoms with E-state index >= 15 is 0 Å². The van der Waals surface area contributed by atoms with Gasteiger partial charge in [-0.05, 0) is 46.7 Å². The lowest BCUT2D eigenvalue weighted by Crippen LogP contribution is -2.33. The molecule has 0 saturated carbocycles. The van der Waals surface area contributed by atoms with E-state index in [1.165, 1.54) is 25.9 Å². The standard InChI is InChI=1S/C14H25N5/c1-4-15-13-12(3)14(17-10-16-13)18-11(2)9-19-7-5-6-8-19/h10-11H,4-9H2,1-3H3,(H2,15,16,17,18). The maximum Gasteiger partial charge on any atom is 0.134 e. The first-order chi connectivity index (χ1) is 9.20. The van der Waals surface area contributed by atoms with E-state index in [1.807, 2.05) is 0 Å². The molecule has 1 aliphatic rings. The third kappa shape index (κ3) is 3.80. The molecule has 1 fully saturated rings. The zero-order chi connectivity index (χ0) is 13.7. The van der Waals surface area contributed by atoms with E-state index in [1.54, 1.807) is 6.33 Å². The van der Waals surface area contributed by atoms with Crippen LogP contribution < -0.4 is 10.6 Å². The van der Waals surface area contributed by atoms with Crippen molar-refractivity contribution in [3.63, 3.8) is 0 Å². The number of hydrogen-bond acceptors (Lipinski definition) is 5. The topological polar surface area (TPSA) is 53.1 Å². The fourth-order valence-corrected chi connectivity index (χ4v) is 2.57. The van der Waals surface area contributed by atoms with Gasteiger partial charge in [0.15, 0.2) is 0 Å².